The van der Waals surface area contributed by atoms with E-state index in [9.17, 15) is 4.79 Å². The number of fused-ring (bicyclic) bond motifs is 1. The molecular weight excluding hydrogens is 286 g/mol. The fourth-order valence-electron chi connectivity index (χ4n) is 2.77. The molecule has 3 aromatic rings. The Labute approximate surface area is 124 Å². The van der Waals surface area contributed by atoms with Crippen LogP contribution >= 0.6 is 11.3 Å². The van der Waals surface area contributed by atoms with Gasteiger partial charge in [0, 0.05) is 28.6 Å². The fourth-order valence-corrected chi connectivity index (χ4v) is 3.83. The molecule has 4 rings (SSSR count). The average Bonchev–Trinajstić information content (AvgIpc) is 3.17. The minimum atomic E-state index is -0.0423. The van der Waals surface area contributed by atoms with Crippen LogP contribution in [0.2, 0.25) is 0 Å². The van der Waals surface area contributed by atoms with Crippen molar-refractivity contribution in [1.82, 2.24) is 25.5 Å². The summed E-state index contributed by atoms with van der Waals surface area (Å²) in [5, 5.41) is 10.3. The third-order valence-electron chi connectivity index (χ3n) is 3.94. The maximum atomic E-state index is 12.3. The first kappa shape index (κ1) is 12.7. The van der Waals surface area contributed by atoms with Crippen molar-refractivity contribution in [1.29, 1.82) is 0 Å². The molecule has 3 N–H and O–H groups in total. The first-order valence-electron chi connectivity index (χ1n) is 6.97. The normalized spacial score (nSPS) is 18.6. The lowest BCUT2D eigenvalue weighted by Gasteiger charge is -2.06. The summed E-state index contributed by atoms with van der Waals surface area (Å²) in [6, 6.07) is 1.99. The van der Waals surface area contributed by atoms with Gasteiger partial charge in [-0.05, 0) is 26.0 Å². The Morgan fingerprint density at radius 2 is 2.33 bits per heavy atom. The standard InChI is InChI=1S/C14H15N5OS/c1-7-9(6-16-19-7)11-4-10-12(21-11)14(20)18-13(17-10)8-2-3-15-5-8/h4,6,8,15H,2-3,5H2,1H3,(H,16,19)(H,17,18,20). The highest BCUT2D eigenvalue weighted by Crippen LogP contribution is 2.32. The van der Waals surface area contributed by atoms with Crippen molar-refractivity contribution in [2.75, 3.05) is 13.1 Å². The summed E-state index contributed by atoms with van der Waals surface area (Å²) in [6.07, 6.45) is 2.81. The molecule has 0 radical (unpaired) electrons. The molecule has 0 aliphatic carbocycles. The number of nitrogens with zero attached hydrogens (tertiary/aromatic N) is 2. The molecule has 7 heteroatoms. The molecule has 1 aliphatic heterocycles. The molecule has 6 nitrogen and oxygen atoms in total. The van der Waals surface area contributed by atoms with Gasteiger partial charge in [0.05, 0.1) is 11.7 Å². The molecule has 1 atom stereocenters. The van der Waals surface area contributed by atoms with Crippen LogP contribution in [0.4, 0.5) is 0 Å². The molecule has 108 valence electrons. The molecule has 3 aromatic heterocycles. The maximum absolute atomic E-state index is 12.3. The molecular formula is C14H15N5OS. The molecule has 0 saturated carbocycles. The van der Waals surface area contributed by atoms with Gasteiger partial charge in [-0.15, -0.1) is 11.3 Å². The zero-order valence-corrected chi connectivity index (χ0v) is 12.4. The van der Waals surface area contributed by atoms with E-state index in [4.69, 9.17) is 0 Å². The molecule has 4 heterocycles. The van der Waals surface area contributed by atoms with Crippen LogP contribution in [0.25, 0.3) is 20.7 Å². The quantitative estimate of drug-likeness (QED) is 0.673. The molecule has 0 amide bonds. The summed E-state index contributed by atoms with van der Waals surface area (Å²) in [7, 11) is 0. The molecule has 21 heavy (non-hydrogen) atoms. The van der Waals surface area contributed by atoms with Crippen molar-refractivity contribution >= 4 is 21.6 Å². The van der Waals surface area contributed by atoms with E-state index in [1.54, 1.807) is 6.20 Å². The van der Waals surface area contributed by atoms with Crippen molar-refractivity contribution in [3.8, 4) is 10.4 Å². The molecule has 1 saturated heterocycles. The van der Waals surface area contributed by atoms with Gasteiger partial charge in [0.15, 0.2) is 0 Å². The van der Waals surface area contributed by atoms with E-state index in [0.29, 0.717) is 10.6 Å². The lowest BCUT2D eigenvalue weighted by atomic mass is 10.1. The number of aromatic nitrogens is 4. The van der Waals surface area contributed by atoms with E-state index >= 15 is 0 Å². The first-order chi connectivity index (χ1) is 10.2. The lowest BCUT2D eigenvalue weighted by Crippen LogP contribution is -2.15. The number of nitrogens with one attached hydrogen (secondary N) is 3. The largest absolute Gasteiger partial charge is 0.316 e. The second-order valence-electron chi connectivity index (χ2n) is 5.37. The number of hydrogen-bond acceptors (Lipinski definition) is 5. The second-order valence-corrected chi connectivity index (χ2v) is 6.43. The third kappa shape index (κ3) is 2.09. The third-order valence-corrected chi connectivity index (χ3v) is 5.10. The number of aryl methyl sites for hydroxylation is 1. The van der Waals surface area contributed by atoms with E-state index in [2.05, 4.69) is 25.5 Å². The van der Waals surface area contributed by atoms with Crippen LogP contribution in [-0.2, 0) is 0 Å². The summed E-state index contributed by atoms with van der Waals surface area (Å²) in [6.45, 7) is 3.84. The Morgan fingerprint density at radius 3 is 3.05 bits per heavy atom. The van der Waals surface area contributed by atoms with Crippen molar-refractivity contribution in [3.63, 3.8) is 0 Å². The van der Waals surface area contributed by atoms with Crippen molar-refractivity contribution < 1.29 is 0 Å². The summed E-state index contributed by atoms with van der Waals surface area (Å²) >= 11 is 1.47. The van der Waals surface area contributed by atoms with Crippen molar-refractivity contribution in [2.24, 2.45) is 0 Å². The number of rotatable bonds is 2. The smallest absolute Gasteiger partial charge is 0.268 e. The Morgan fingerprint density at radius 1 is 1.43 bits per heavy atom. The van der Waals surface area contributed by atoms with Crippen molar-refractivity contribution in [3.05, 3.63) is 34.1 Å². The number of hydrogen-bond donors (Lipinski definition) is 3. The molecule has 1 aliphatic rings. The van der Waals surface area contributed by atoms with Crippen LogP contribution in [0.1, 0.15) is 23.9 Å². The summed E-state index contributed by atoms with van der Waals surface area (Å²) < 4.78 is 0.681. The number of thiophene rings is 1. The highest BCUT2D eigenvalue weighted by atomic mass is 32.1. The number of H-pyrrole nitrogens is 2. The van der Waals surface area contributed by atoms with Gasteiger partial charge in [0.2, 0.25) is 0 Å². The maximum Gasteiger partial charge on any atom is 0.268 e. The van der Waals surface area contributed by atoms with Crippen LogP contribution in [0.5, 0.6) is 0 Å². The van der Waals surface area contributed by atoms with E-state index in [1.807, 2.05) is 13.0 Å². The molecule has 1 unspecified atom stereocenters. The fraction of sp³-hybridized carbons (Fsp3) is 0.357. The second kappa shape index (κ2) is 4.78. The SMILES string of the molecule is Cc1[nH]ncc1-c1cc2nc(C3CCNC3)[nH]c(=O)c2s1. The Kier molecular flexibility index (Phi) is 2.90. The van der Waals surface area contributed by atoms with Crippen LogP contribution < -0.4 is 10.9 Å². The van der Waals surface area contributed by atoms with E-state index in [1.165, 1.54) is 11.3 Å². The predicted octanol–water partition coefficient (Wildman–Crippen LogP) is 1.76. The van der Waals surface area contributed by atoms with E-state index in [-0.39, 0.29) is 5.56 Å². The molecule has 0 bridgehead atoms. The summed E-state index contributed by atoms with van der Waals surface area (Å²) in [4.78, 5) is 20.9. The van der Waals surface area contributed by atoms with Crippen LogP contribution in [0, 0.1) is 6.92 Å². The van der Waals surface area contributed by atoms with Gasteiger partial charge < -0.3 is 10.3 Å². The molecule has 1 fully saturated rings. The highest BCUT2D eigenvalue weighted by molar-refractivity contribution is 7.22. The number of aromatic amines is 2. The van der Waals surface area contributed by atoms with Gasteiger partial charge in [0.25, 0.3) is 5.56 Å². The summed E-state index contributed by atoms with van der Waals surface area (Å²) in [5.41, 5.74) is 2.76. The first-order valence-corrected chi connectivity index (χ1v) is 7.79. The van der Waals surface area contributed by atoms with Crippen LogP contribution in [-0.4, -0.2) is 33.3 Å². The van der Waals surface area contributed by atoms with Gasteiger partial charge in [0.1, 0.15) is 10.5 Å². The van der Waals surface area contributed by atoms with Gasteiger partial charge in [-0.1, -0.05) is 0 Å². The van der Waals surface area contributed by atoms with Crippen LogP contribution in [0.15, 0.2) is 17.1 Å². The topological polar surface area (TPSA) is 86.5 Å². The average molecular weight is 301 g/mol. The molecule has 0 spiro atoms. The predicted molar refractivity (Wildman–Crippen MR) is 82.8 cm³/mol. The molecule has 0 aromatic carbocycles. The zero-order valence-electron chi connectivity index (χ0n) is 11.6. The lowest BCUT2D eigenvalue weighted by molar-refractivity contribution is 0.703. The monoisotopic (exact) mass is 301 g/mol. The van der Waals surface area contributed by atoms with Crippen molar-refractivity contribution in [2.45, 2.75) is 19.3 Å². The van der Waals surface area contributed by atoms with Gasteiger partial charge in [-0.2, -0.15) is 5.10 Å². The Bertz CT molecular complexity index is 856. The van der Waals surface area contributed by atoms with Gasteiger partial charge in [-0.3, -0.25) is 9.89 Å². The Balaban J connectivity index is 1.85. The zero-order chi connectivity index (χ0) is 14.4. The Hall–Kier alpha value is -1.99. The van der Waals surface area contributed by atoms with E-state index in [0.717, 1.165) is 47.0 Å². The van der Waals surface area contributed by atoms with E-state index < -0.39 is 0 Å². The minimum Gasteiger partial charge on any atom is -0.316 e. The summed E-state index contributed by atoms with van der Waals surface area (Å²) in [5.74, 6) is 1.10. The van der Waals surface area contributed by atoms with Gasteiger partial charge >= 0.3 is 0 Å². The minimum absolute atomic E-state index is 0.0423. The van der Waals surface area contributed by atoms with Gasteiger partial charge in [-0.25, -0.2) is 4.98 Å². The highest BCUT2D eigenvalue weighted by Gasteiger charge is 2.21. The van der Waals surface area contributed by atoms with Crippen LogP contribution in [0.3, 0.4) is 0 Å².